The predicted octanol–water partition coefficient (Wildman–Crippen LogP) is 15.2. The van der Waals surface area contributed by atoms with Gasteiger partial charge in [0.2, 0.25) is 5.69 Å². The van der Waals surface area contributed by atoms with Crippen LogP contribution in [0.25, 0.3) is 21.7 Å². The van der Waals surface area contributed by atoms with Crippen molar-refractivity contribution in [3.8, 4) is 11.3 Å². The van der Waals surface area contributed by atoms with E-state index in [1.807, 2.05) is 48.8 Å². The van der Waals surface area contributed by atoms with Crippen LogP contribution in [0, 0.1) is 0 Å². The molecule has 7 rings (SSSR count). The molecule has 0 fully saturated rings. The van der Waals surface area contributed by atoms with Crippen LogP contribution in [0.3, 0.4) is 0 Å². The first-order valence-corrected chi connectivity index (χ1v) is 21.5. The number of azide groups is 1. The molecule has 0 atom stereocenters. The molecule has 1 heterocycles. The summed E-state index contributed by atoms with van der Waals surface area (Å²) in [6, 6.07) is 8.92. The van der Waals surface area contributed by atoms with Crippen molar-refractivity contribution in [1.29, 1.82) is 0 Å². The number of alkyl halides is 24. The van der Waals surface area contributed by atoms with E-state index < -0.39 is 195 Å². The van der Waals surface area contributed by atoms with E-state index in [0.717, 1.165) is 17.8 Å². The molecule has 0 saturated carbocycles. The Balaban J connectivity index is 0.000000378. The summed E-state index contributed by atoms with van der Waals surface area (Å²) in [4.78, 5) is 7.05. The molecule has 418 valence electrons. The highest BCUT2D eigenvalue weighted by atomic mass is 19.4. The lowest BCUT2D eigenvalue weighted by Crippen LogP contribution is -2.75. The Kier molecular flexibility index (Phi) is 16.3. The van der Waals surface area contributed by atoms with E-state index in [-0.39, 0.29) is 0 Å². The summed E-state index contributed by atoms with van der Waals surface area (Å²) < 4.78 is 343. The molecular weight excluding hydrogens is 1130 g/mol. The van der Waals surface area contributed by atoms with E-state index in [1.165, 1.54) is 5.56 Å². The van der Waals surface area contributed by atoms with E-state index in [4.69, 9.17) is 5.53 Å². The molecule has 0 spiro atoms. The Morgan fingerprint density at radius 1 is 0.405 bits per heavy atom. The van der Waals surface area contributed by atoms with Gasteiger partial charge in [0.1, 0.15) is 6.15 Å². The molecular formula is C49H26BF24N5. The molecule has 0 N–H and O–H groups in total. The lowest BCUT2D eigenvalue weighted by Gasteiger charge is -2.46. The first-order valence-electron chi connectivity index (χ1n) is 21.5. The van der Waals surface area contributed by atoms with Crippen LogP contribution in [0.1, 0.15) is 50.1 Å². The first kappa shape index (κ1) is 60.3. The summed E-state index contributed by atoms with van der Waals surface area (Å²) in [6.07, 6.45) is -49.3. The van der Waals surface area contributed by atoms with Gasteiger partial charge >= 0.3 is 49.4 Å². The smallest absolute Gasteiger partial charge is 0.252 e. The maximum atomic E-state index is 14.2. The van der Waals surface area contributed by atoms with Gasteiger partial charge < -0.3 is 0 Å². The maximum Gasteiger partial charge on any atom is 0.416 e. The fraction of sp³-hybridized carbons (Fsp3) is 0.184. The highest BCUT2D eigenvalue weighted by molar-refractivity contribution is 7.20. The van der Waals surface area contributed by atoms with Gasteiger partial charge in [-0.25, -0.2) is 0 Å². The van der Waals surface area contributed by atoms with Gasteiger partial charge in [-0.3, -0.25) is 4.98 Å². The van der Waals surface area contributed by atoms with Crippen LogP contribution in [-0.2, 0) is 56.0 Å². The minimum atomic E-state index is -6.13. The Morgan fingerprint density at radius 2 is 0.722 bits per heavy atom. The fourth-order valence-corrected chi connectivity index (χ4v) is 8.40. The third kappa shape index (κ3) is 14.1. The van der Waals surface area contributed by atoms with Crippen molar-refractivity contribution in [1.82, 2.24) is 4.98 Å². The number of aromatic nitrogens is 2. The van der Waals surface area contributed by atoms with E-state index >= 15 is 0 Å². The molecule has 0 amide bonds. The monoisotopic (exact) mass is 1150 g/mol. The normalized spacial score (nSPS) is 13.1. The van der Waals surface area contributed by atoms with Crippen molar-refractivity contribution < 1.29 is 110 Å². The quantitative estimate of drug-likeness (QED) is 0.0373. The van der Waals surface area contributed by atoms with Crippen LogP contribution in [0.2, 0.25) is 0 Å². The SMILES string of the molecule is FC(F)(F)c1cc([B-](c2cc(C(F)(F)F)cc(C(F)(F)F)c2)(c2cc(C(F)(F)F)cc(C(F)(F)F)c2)c2cc(C(F)(F)F)cc(C(F)(F)F)c2)cc(C(F)(F)F)c1.[N-]=[N+]=Nc1cccc(-c2cncc[n+]2Cc2ccccc2)c1. The molecule has 0 unspecified atom stereocenters. The molecule has 0 saturated heterocycles. The molecule has 6 aromatic carbocycles. The number of halogens is 24. The summed E-state index contributed by atoms with van der Waals surface area (Å²) in [6.45, 7) is 0.754. The zero-order valence-electron chi connectivity index (χ0n) is 38.4. The molecule has 0 aliphatic rings. The lowest BCUT2D eigenvalue weighted by atomic mass is 9.12. The number of hydrogen-bond acceptors (Lipinski definition) is 2. The molecule has 0 bridgehead atoms. The van der Waals surface area contributed by atoms with Gasteiger partial charge in [0.15, 0.2) is 12.7 Å². The highest BCUT2D eigenvalue weighted by Gasteiger charge is 2.47. The summed E-state index contributed by atoms with van der Waals surface area (Å²) in [7, 11) is 0. The van der Waals surface area contributed by atoms with Crippen molar-refractivity contribution in [2.24, 2.45) is 5.11 Å². The Hall–Kier alpha value is -7.91. The third-order valence-corrected chi connectivity index (χ3v) is 11.8. The first-order chi connectivity index (χ1) is 36.1. The minimum Gasteiger partial charge on any atom is -0.252 e. The van der Waals surface area contributed by atoms with Gasteiger partial charge in [-0.1, -0.05) is 96.1 Å². The number of benzene rings is 6. The van der Waals surface area contributed by atoms with Gasteiger partial charge in [-0.15, -0.1) is 0 Å². The Labute approximate surface area is 426 Å². The lowest BCUT2D eigenvalue weighted by molar-refractivity contribution is -0.678. The maximum absolute atomic E-state index is 14.2. The highest BCUT2D eigenvalue weighted by Crippen LogP contribution is 2.41. The Morgan fingerprint density at radius 3 is 1.01 bits per heavy atom. The largest absolute Gasteiger partial charge is 0.416 e. The second-order valence-electron chi connectivity index (χ2n) is 17.0. The van der Waals surface area contributed by atoms with Crippen molar-refractivity contribution >= 4 is 33.7 Å². The molecule has 79 heavy (non-hydrogen) atoms. The zero-order valence-corrected chi connectivity index (χ0v) is 38.4. The van der Waals surface area contributed by atoms with E-state index in [9.17, 15) is 105 Å². The van der Waals surface area contributed by atoms with Crippen LogP contribution in [-0.4, -0.2) is 11.1 Å². The van der Waals surface area contributed by atoms with E-state index in [0.29, 0.717) is 5.69 Å². The summed E-state index contributed by atoms with van der Waals surface area (Å²) in [5, 5.41) is 3.66. The average Bonchev–Trinajstić information content (AvgIpc) is 3.54. The van der Waals surface area contributed by atoms with Gasteiger partial charge in [0.25, 0.3) is 0 Å². The number of rotatable bonds is 8. The summed E-state index contributed by atoms with van der Waals surface area (Å²) >= 11 is 0. The summed E-state index contributed by atoms with van der Waals surface area (Å²) in [5.74, 6) is 0. The third-order valence-electron chi connectivity index (χ3n) is 11.8. The van der Waals surface area contributed by atoms with Crippen molar-refractivity contribution in [2.75, 3.05) is 0 Å². The number of hydrogen-bond donors (Lipinski definition) is 0. The molecule has 30 heteroatoms. The molecule has 0 aliphatic carbocycles. The van der Waals surface area contributed by atoms with Crippen LogP contribution in [0.5, 0.6) is 0 Å². The van der Waals surface area contributed by atoms with E-state index in [1.54, 1.807) is 12.3 Å². The molecule has 7 aromatic rings. The molecule has 1 aromatic heterocycles. The van der Waals surface area contributed by atoms with Crippen molar-refractivity contribution in [3.63, 3.8) is 0 Å². The van der Waals surface area contributed by atoms with Crippen LogP contribution in [0.15, 0.2) is 151 Å². The topological polar surface area (TPSA) is 65.5 Å². The molecule has 0 radical (unpaired) electrons. The van der Waals surface area contributed by atoms with Crippen LogP contribution in [0.4, 0.5) is 111 Å². The second kappa shape index (κ2) is 21.4. The van der Waals surface area contributed by atoms with E-state index in [2.05, 4.69) is 31.7 Å². The average molecular weight is 1150 g/mol. The standard InChI is InChI=1S/C32H12BF24.C17H14N5/c34-25(35,36)13-1-14(26(37,38)39)6-21(5-13)33(22-7-15(27(40,41)42)2-16(8-22)28(43,44)45,23-9-17(29(46,47)48)3-18(10-23)30(49,50)51)24-11-19(31(52,53)54)4-20(12-24)32(55,56)57;18-21-20-16-8-4-7-15(11-16)17-12-19-9-10-22(17)13-14-5-2-1-3-6-14/h1-12H;1-12H,13H2/q-1;+1. The van der Waals surface area contributed by atoms with Crippen LogP contribution >= 0.6 is 0 Å². The predicted molar refractivity (Wildman–Crippen MR) is 234 cm³/mol. The zero-order chi connectivity index (χ0) is 59.1. The van der Waals surface area contributed by atoms with Gasteiger partial charge in [-0.05, 0) is 41.9 Å². The minimum absolute atomic E-state index is 0.593. The summed E-state index contributed by atoms with van der Waals surface area (Å²) in [5.41, 5.74) is -17.9. The van der Waals surface area contributed by atoms with Gasteiger partial charge in [-0.2, -0.15) is 132 Å². The van der Waals surface area contributed by atoms with Crippen LogP contribution < -0.4 is 26.4 Å². The fourth-order valence-electron chi connectivity index (χ4n) is 8.40. The van der Waals surface area contributed by atoms with Crippen molar-refractivity contribution in [3.05, 3.63) is 206 Å². The molecule has 5 nitrogen and oxygen atoms in total. The van der Waals surface area contributed by atoms with Crippen molar-refractivity contribution in [2.45, 2.75) is 56.0 Å². The molecule has 0 aliphatic heterocycles. The Bertz CT molecular complexity index is 2950. The second-order valence-corrected chi connectivity index (χ2v) is 17.0. The van der Waals surface area contributed by atoms with Gasteiger partial charge in [0, 0.05) is 21.7 Å². The number of nitrogens with zero attached hydrogens (tertiary/aromatic N) is 5. The van der Waals surface area contributed by atoms with Gasteiger partial charge in [0.05, 0.1) is 56.9 Å².